The highest BCUT2D eigenvalue weighted by molar-refractivity contribution is 14.1. The van der Waals surface area contributed by atoms with E-state index < -0.39 is 18.0 Å². The molecule has 1 aromatic carbocycles. The predicted molar refractivity (Wildman–Crippen MR) is 63.2 cm³/mol. The number of esters is 1. The minimum Gasteiger partial charge on any atom is -0.449 e. The lowest BCUT2D eigenvalue weighted by Crippen LogP contribution is -2.30. The van der Waals surface area contributed by atoms with Gasteiger partial charge in [0.2, 0.25) is 0 Å². The number of hydrogen-bond donors (Lipinski definition) is 1. The molecule has 0 fully saturated rings. The van der Waals surface area contributed by atoms with Gasteiger partial charge in [-0.15, -0.1) is 0 Å². The van der Waals surface area contributed by atoms with Crippen LogP contribution in [0.1, 0.15) is 17.3 Å². The van der Waals surface area contributed by atoms with Crippen molar-refractivity contribution < 1.29 is 14.3 Å². The molecule has 1 atom stereocenters. The molecule has 4 nitrogen and oxygen atoms in total. The molecule has 0 heterocycles. The van der Waals surface area contributed by atoms with Gasteiger partial charge in [-0.1, -0.05) is 6.07 Å². The molecule has 1 amide bonds. The number of nitrogens with two attached hydrogens (primary N) is 1. The molecule has 1 rings (SSSR count). The Bertz CT molecular complexity index is 392. The van der Waals surface area contributed by atoms with Gasteiger partial charge >= 0.3 is 5.97 Å². The van der Waals surface area contributed by atoms with Crippen LogP contribution in [0.15, 0.2) is 24.3 Å². The monoisotopic (exact) mass is 319 g/mol. The van der Waals surface area contributed by atoms with E-state index in [1.807, 2.05) is 6.07 Å². The average Bonchev–Trinajstić information content (AvgIpc) is 2.17. The van der Waals surface area contributed by atoms with Gasteiger partial charge in [-0.05, 0) is 47.7 Å². The second-order valence-corrected chi connectivity index (χ2v) is 4.21. The molecule has 0 bridgehead atoms. The Morgan fingerprint density at radius 2 is 2.13 bits per heavy atom. The van der Waals surface area contributed by atoms with E-state index >= 15 is 0 Å². The summed E-state index contributed by atoms with van der Waals surface area (Å²) >= 11 is 2.09. The summed E-state index contributed by atoms with van der Waals surface area (Å²) in [5.41, 5.74) is 5.39. The zero-order valence-corrected chi connectivity index (χ0v) is 10.2. The molecule has 0 aliphatic carbocycles. The topological polar surface area (TPSA) is 69.4 Å². The second kappa shape index (κ2) is 5.11. The zero-order chi connectivity index (χ0) is 11.4. The van der Waals surface area contributed by atoms with Gasteiger partial charge in [0.05, 0.1) is 5.56 Å². The normalized spacial score (nSPS) is 11.9. The summed E-state index contributed by atoms with van der Waals surface area (Å²) in [6, 6.07) is 6.90. The van der Waals surface area contributed by atoms with Gasteiger partial charge in [-0.25, -0.2) is 4.79 Å². The number of primary amides is 1. The highest BCUT2D eigenvalue weighted by Gasteiger charge is 2.15. The minimum atomic E-state index is -0.907. The molecule has 1 aromatic rings. The molecule has 0 saturated heterocycles. The van der Waals surface area contributed by atoms with Gasteiger partial charge in [0.25, 0.3) is 5.91 Å². The number of carbonyl (C=O) groups excluding carboxylic acids is 2. The molecule has 1 unspecified atom stereocenters. The predicted octanol–water partition coefficient (Wildman–Crippen LogP) is 1.32. The Kier molecular flexibility index (Phi) is 4.07. The van der Waals surface area contributed by atoms with Gasteiger partial charge in [0.15, 0.2) is 6.10 Å². The Hall–Kier alpha value is -1.11. The summed E-state index contributed by atoms with van der Waals surface area (Å²) in [4.78, 5) is 22.2. The number of benzene rings is 1. The molecule has 0 aromatic heterocycles. The Labute approximate surface area is 101 Å². The number of rotatable bonds is 3. The first kappa shape index (κ1) is 12.0. The smallest absolute Gasteiger partial charge is 0.338 e. The van der Waals surface area contributed by atoms with Crippen LogP contribution in [-0.4, -0.2) is 18.0 Å². The average molecular weight is 319 g/mol. The van der Waals surface area contributed by atoms with Crippen LogP contribution < -0.4 is 5.73 Å². The van der Waals surface area contributed by atoms with Crippen LogP contribution >= 0.6 is 22.6 Å². The molecular formula is C10H10INO3. The van der Waals surface area contributed by atoms with Crippen LogP contribution in [0.5, 0.6) is 0 Å². The van der Waals surface area contributed by atoms with Crippen LogP contribution in [0.25, 0.3) is 0 Å². The van der Waals surface area contributed by atoms with E-state index in [1.165, 1.54) is 6.92 Å². The summed E-state index contributed by atoms with van der Waals surface area (Å²) < 4.78 is 5.76. The zero-order valence-electron chi connectivity index (χ0n) is 8.07. The van der Waals surface area contributed by atoms with Crippen molar-refractivity contribution in [2.45, 2.75) is 13.0 Å². The van der Waals surface area contributed by atoms with E-state index in [2.05, 4.69) is 22.6 Å². The number of amides is 1. The van der Waals surface area contributed by atoms with Crippen molar-refractivity contribution in [3.8, 4) is 0 Å². The molecular weight excluding hydrogens is 309 g/mol. The quantitative estimate of drug-likeness (QED) is 0.675. The SMILES string of the molecule is CC(OC(=O)c1cccc(I)c1)C(N)=O. The molecule has 0 radical (unpaired) electrons. The van der Waals surface area contributed by atoms with Crippen molar-refractivity contribution in [3.05, 3.63) is 33.4 Å². The van der Waals surface area contributed by atoms with Crippen LogP contribution in [-0.2, 0) is 9.53 Å². The van der Waals surface area contributed by atoms with Gasteiger partial charge in [-0.2, -0.15) is 0 Å². The second-order valence-electron chi connectivity index (χ2n) is 2.96. The number of halogens is 1. The highest BCUT2D eigenvalue weighted by atomic mass is 127. The third-order valence-electron chi connectivity index (χ3n) is 1.74. The van der Waals surface area contributed by atoms with Gasteiger partial charge in [-0.3, -0.25) is 4.79 Å². The standard InChI is InChI=1S/C10H10INO3/c1-6(9(12)13)15-10(14)7-3-2-4-8(11)5-7/h2-6H,1H3,(H2,12,13). The van der Waals surface area contributed by atoms with Crippen molar-refractivity contribution in [1.29, 1.82) is 0 Å². The summed E-state index contributed by atoms with van der Waals surface area (Å²) in [7, 11) is 0. The van der Waals surface area contributed by atoms with Crippen molar-refractivity contribution in [2.75, 3.05) is 0 Å². The number of ether oxygens (including phenoxy) is 1. The maximum absolute atomic E-state index is 11.5. The van der Waals surface area contributed by atoms with E-state index in [9.17, 15) is 9.59 Å². The molecule has 5 heteroatoms. The van der Waals surface area contributed by atoms with Crippen molar-refractivity contribution in [1.82, 2.24) is 0 Å². The van der Waals surface area contributed by atoms with Gasteiger partial charge in [0.1, 0.15) is 0 Å². The van der Waals surface area contributed by atoms with Crippen molar-refractivity contribution in [2.24, 2.45) is 5.73 Å². The Morgan fingerprint density at radius 3 is 2.67 bits per heavy atom. The van der Waals surface area contributed by atoms with E-state index in [4.69, 9.17) is 10.5 Å². The Morgan fingerprint density at radius 1 is 1.47 bits per heavy atom. The fourth-order valence-corrected chi connectivity index (χ4v) is 1.45. The van der Waals surface area contributed by atoms with Crippen LogP contribution in [0.4, 0.5) is 0 Å². The van der Waals surface area contributed by atoms with Crippen LogP contribution in [0.3, 0.4) is 0 Å². The third-order valence-corrected chi connectivity index (χ3v) is 2.42. The first-order valence-corrected chi connectivity index (χ1v) is 5.34. The molecule has 0 aliphatic rings. The lowest BCUT2D eigenvalue weighted by molar-refractivity contribution is -0.125. The van der Waals surface area contributed by atoms with Crippen LogP contribution in [0.2, 0.25) is 0 Å². The lowest BCUT2D eigenvalue weighted by atomic mass is 10.2. The lowest BCUT2D eigenvalue weighted by Gasteiger charge is -2.09. The van der Waals surface area contributed by atoms with Crippen molar-refractivity contribution >= 4 is 34.5 Å². The summed E-state index contributed by atoms with van der Waals surface area (Å²) in [6.45, 7) is 1.44. The molecule has 80 valence electrons. The van der Waals surface area contributed by atoms with E-state index in [1.54, 1.807) is 18.2 Å². The molecule has 0 aliphatic heterocycles. The van der Waals surface area contributed by atoms with Gasteiger partial charge < -0.3 is 10.5 Å². The third kappa shape index (κ3) is 3.50. The Balaban J connectivity index is 2.73. The van der Waals surface area contributed by atoms with E-state index in [0.29, 0.717) is 5.56 Å². The molecule has 0 saturated carbocycles. The first-order valence-electron chi connectivity index (χ1n) is 4.26. The minimum absolute atomic E-state index is 0.412. The highest BCUT2D eigenvalue weighted by Crippen LogP contribution is 2.09. The number of hydrogen-bond acceptors (Lipinski definition) is 3. The summed E-state index contributed by atoms with van der Waals surface area (Å²) in [5, 5.41) is 0. The summed E-state index contributed by atoms with van der Waals surface area (Å²) in [6.07, 6.45) is -0.907. The fraction of sp³-hybridized carbons (Fsp3) is 0.200. The fourth-order valence-electron chi connectivity index (χ4n) is 0.902. The van der Waals surface area contributed by atoms with E-state index in [-0.39, 0.29) is 0 Å². The number of carbonyl (C=O) groups is 2. The molecule has 15 heavy (non-hydrogen) atoms. The van der Waals surface area contributed by atoms with Crippen molar-refractivity contribution in [3.63, 3.8) is 0 Å². The molecule has 2 N–H and O–H groups in total. The maximum Gasteiger partial charge on any atom is 0.338 e. The molecule has 0 spiro atoms. The largest absolute Gasteiger partial charge is 0.449 e. The summed E-state index contributed by atoms with van der Waals surface area (Å²) in [5.74, 6) is -1.20. The van der Waals surface area contributed by atoms with Gasteiger partial charge in [0, 0.05) is 3.57 Å². The maximum atomic E-state index is 11.5. The first-order chi connectivity index (χ1) is 7.00. The van der Waals surface area contributed by atoms with Crippen LogP contribution in [0, 0.1) is 3.57 Å². The van der Waals surface area contributed by atoms with E-state index in [0.717, 1.165) is 3.57 Å².